The Hall–Kier alpha value is -3.92. The van der Waals surface area contributed by atoms with Gasteiger partial charge in [-0.05, 0) is 85.6 Å². The fraction of sp³-hybridized carbons (Fsp3) is 0.583. The Morgan fingerprint density at radius 3 is 2.46 bits per heavy atom. The summed E-state index contributed by atoms with van der Waals surface area (Å²) in [4.78, 5) is 23.0. The molecule has 6 rings (SSSR count). The van der Waals surface area contributed by atoms with E-state index in [0.717, 1.165) is 78.9 Å². The number of nitrogens with zero attached hydrogens (tertiary/aromatic N) is 2. The van der Waals surface area contributed by atoms with Crippen molar-refractivity contribution < 1.29 is 34.1 Å². The van der Waals surface area contributed by atoms with Gasteiger partial charge >= 0.3 is 0 Å². The molecule has 9 heteroatoms. The van der Waals surface area contributed by atoms with Crippen molar-refractivity contribution in [1.29, 1.82) is 0 Å². The van der Waals surface area contributed by atoms with Crippen molar-refractivity contribution in [3.63, 3.8) is 0 Å². The summed E-state index contributed by atoms with van der Waals surface area (Å²) in [5.74, 6) is 0.810. The lowest BCUT2D eigenvalue weighted by Gasteiger charge is -2.60. The van der Waals surface area contributed by atoms with Gasteiger partial charge in [0.1, 0.15) is 30.8 Å². The maximum Gasteiger partial charge on any atom is 0.239 e. The second kappa shape index (κ2) is 21.2. The first-order valence-corrected chi connectivity index (χ1v) is 21.7. The van der Waals surface area contributed by atoms with Crippen LogP contribution in [0.3, 0.4) is 0 Å². The lowest BCUT2D eigenvalue weighted by atomic mass is 9.55. The second-order valence-electron chi connectivity index (χ2n) is 16.4. The van der Waals surface area contributed by atoms with Crippen LogP contribution >= 0.6 is 0 Å². The van der Waals surface area contributed by atoms with E-state index in [1.807, 2.05) is 42.5 Å². The largest absolute Gasteiger partial charge is 0.490 e. The number of fused-ring (bicyclic) bond motifs is 2. The normalized spacial score (nSPS) is 25.8. The van der Waals surface area contributed by atoms with Crippen LogP contribution in [0.4, 0.5) is 0 Å². The summed E-state index contributed by atoms with van der Waals surface area (Å²) in [6.45, 7) is 11.8. The summed E-state index contributed by atoms with van der Waals surface area (Å²) in [5.41, 5.74) is 3.93. The highest BCUT2D eigenvalue weighted by Crippen LogP contribution is 2.62. The van der Waals surface area contributed by atoms with Crippen molar-refractivity contribution in [1.82, 2.24) is 4.90 Å². The molecular formula is C48H66N2O7. The number of carbonyl (C=O) groups is 1. The quantitative estimate of drug-likeness (QED) is 0.0657. The molecule has 0 spiro atoms. The van der Waals surface area contributed by atoms with Crippen LogP contribution in [0, 0.1) is 23.7 Å². The fourth-order valence-electron chi connectivity index (χ4n) is 10.1. The molecule has 0 saturated heterocycles. The van der Waals surface area contributed by atoms with E-state index in [4.69, 9.17) is 24.2 Å². The zero-order valence-corrected chi connectivity index (χ0v) is 34.2. The van der Waals surface area contributed by atoms with Crippen LogP contribution in [0.1, 0.15) is 114 Å². The summed E-state index contributed by atoms with van der Waals surface area (Å²) in [7, 11) is 0. The van der Waals surface area contributed by atoms with E-state index in [0.29, 0.717) is 44.9 Å². The molecule has 0 radical (unpaired) electrons. The highest BCUT2D eigenvalue weighted by Gasteiger charge is 2.65. The van der Waals surface area contributed by atoms with Crippen LogP contribution in [0.15, 0.2) is 90.6 Å². The number of aliphatic hydroxyl groups is 2. The van der Waals surface area contributed by atoms with E-state index < -0.39 is 11.8 Å². The molecule has 0 unspecified atom stereocenters. The Labute approximate surface area is 340 Å². The van der Waals surface area contributed by atoms with Crippen molar-refractivity contribution in [2.45, 2.75) is 121 Å². The van der Waals surface area contributed by atoms with Gasteiger partial charge in [0, 0.05) is 44.1 Å². The van der Waals surface area contributed by atoms with Gasteiger partial charge in [0.15, 0.2) is 0 Å². The van der Waals surface area contributed by atoms with Crippen molar-refractivity contribution in [3.05, 3.63) is 96.6 Å². The molecule has 6 atom stereocenters. The monoisotopic (exact) mass is 782 g/mol. The number of aliphatic hydroxyl groups excluding tert-OH is 2. The first-order chi connectivity index (χ1) is 28.0. The van der Waals surface area contributed by atoms with Gasteiger partial charge in [0.25, 0.3) is 0 Å². The van der Waals surface area contributed by atoms with Crippen LogP contribution in [0.2, 0.25) is 0 Å². The highest BCUT2D eigenvalue weighted by molar-refractivity contribution is 6.03. The number of benzene rings is 2. The molecule has 4 aliphatic rings. The zero-order valence-electron chi connectivity index (χ0n) is 34.2. The number of unbranched alkanes of at least 4 members (excludes halogenated alkanes) is 2. The molecule has 2 N–H and O–H groups in total. The fourth-order valence-corrected chi connectivity index (χ4v) is 10.1. The van der Waals surface area contributed by atoms with Gasteiger partial charge in [0.2, 0.25) is 11.7 Å². The third-order valence-corrected chi connectivity index (χ3v) is 12.7. The molecule has 1 amide bonds. The SMILES string of the molecule is C=CCOc1ccc2c(c1)[C@H]1[C@H](CCCCO)[C@@H](CCCCO)C=C3C(=NOCc4ccccc4)C[C@H](N(CCC)C(=O)CCC4CCCC4)[C@@](OCC=C)(O2)[C@H]31. The highest BCUT2D eigenvalue weighted by atomic mass is 16.7. The first kappa shape index (κ1) is 42.7. The lowest BCUT2D eigenvalue weighted by Crippen LogP contribution is -2.70. The second-order valence-corrected chi connectivity index (χ2v) is 16.4. The topological polar surface area (TPSA) is 110 Å². The first-order valence-electron chi connectivity index (χ1n) is 21.7. The van der Waals surface area contributed by atoms with Gasteiger partial charge in [-0.2, -0.15) is 0 Å². The molecule has 9 nitrogen and oxygen atoms in total. The molecule has 0 aromatic heterocycles. The van der Waals surface area contributed by atoms with E-state index in [-0.39, 0.29) is 49.4 Å². The number of hydrogen-bond donors (Lipinski definition) is 2. The predicted octanol–water partition coefficient (Wildman–Crippen LogP) is 9.29. The van der Waals surface area contributed by atoms with Crippen LogP contribution in [-0.4, -0.2) is 71.5 Å². The van der Waals surface area contributed by atoms with Crippen molar-refractivity contribution in [3.8, 4) is 11.5 Å². The van der Waals surface area contributed by atoms with Gasteiger partial charge in [0.05, 0.1) is 18.2 Å². The van der Waals surface area contributed by atoms with Crippen molar-refractivity contribution in [2.75, 3.05) is 33.0 Å². The van der Waals surface area contributed by atoms with E-state index >= 15 is 0 Å². The summed E-state index contributed by atoms with van der Waals surface area (Å²) < 4.78 is 20.6. The molecule has 2 aromatic rings. The van der Waals surface area contributed by atoms with Crippen LogP contribution < -0.4 is 9.47 Å². The minimum atomic E-state index is -1.25. The third-order valence-electron chi connectivity index (χ3n) is 12.7. The predicted molar refractivity (Wildman–Crippen MR) is 225 cm³/mol. The average molecular weight is 783 g/mol. The summed E-state index contributed by atoms with van der Waals surface area (Å²) in [5, 5.41) is 24.8. The third kappa shape index (κ3) is 10.0. The molecule has 57 heavy (non-hydrogen) atoms. The van der Waals surface area contributed by atoms with Gasteiger partial charge in [-0.1, -0.05) is 106 Å². The Morgan fingerprint density at radius 2 is 1.74 bits per heavy atom. The van der Waals surface area contributed by atoms with E-state index in [1.54, 1.807) is 12.2 Å². The number of hydrogen-bond acceptors (Lipinski definition) is 8. The van der Waals surface area contributed by atoms with Crippen molar-refractivity contribution >= 4 is 11.6 Å². The Balaban J connectivity index is 1.54. The van der Waals surface area contributed by atoms with Gasteiger partial charge in [-0.25, -0.2) is 0 Å². The maximum absolute atomic E-state index is 14.7. The summed E-state index contributed by atoms with van der Waals surface area (Å²) in [6.07, 6.45) is 18.3. The average Bonchev–Trinajstić information content (AvgIpc) is 3.76. The molecule has 2 fully saturated rings. The number of amides is 1. The molecule has 3 aliphatic carbocycles. The summed E-state index contributed by atoms with van der Waals surface area (Å²) in [6, 6.07) is 15.6. The van der Waals surface area contributed by atoms with Gasteiger partial charge in [-0.15, -0.1) is 6.58 Å². The molecule has 1 aliphatic heterocycles. The molecular weight excluding hydrogens is 717 g/mol. The number of ether oxygens (including phenoxy) is 3. The van der Waals surface area contributed by atoms with Crippen LogP contribution in [0.5, 0.6) is 11.5 Å². The minimum Gasteiger partial charge on any atom is -0.490 e. The van der Waals surface area contributed by atoms with Gasteiger partial charge < -0.3 is 34.2 Å². The number of oxime groups is 1. The smallest absolute Gasteiger partial charge is 0.239 e. The lowest BCUT2D eigenvalue weighted by molar-refractivity contribution is -0.257. The Bertz CT molecular complexity index is 1670. The van der Waals surface area contributed by atoms with E-state index in [9.17, 15) is 15.0 Å². The van der Waals surface area contributed by atoms with Crippen LogP contribution in [0.25, 0.3) is 0 Å². The molecule has 2 aromatic carbocycles. The Kier molecular flexibility index (Phi) is 15.9. The minimum absolute atomic E-state index is 0.0946. The zero-order chi connectivity index (χ0) is 40.0. The number of rotatable bonds is 23. The number of carbonyl (C=O) groups excluding carboxylic acids is 1. The maximum atomic E-state index is 14.7. The van der Waals surface area contributed by atoms with Crippen molar-refractivity contribution in [2.24, 2.45) is 28.8 Å². The standard InChI is InChI=1S/C48H66N2O7/c1-4-26-50(45(53)25-22-35-16-10-11-17-35)44-33-42(49-56-34-36-18-8-7-9-19-36)40-31-37(20-12-14-27-51)39(21-13-15-28-52)46-41-32-38(54-29-5-2)23-24-43(41)57-48(44,47(40)46)55-30-6-3/h5-9,18-19,23-24,31-32,35,37,39,44,46-47,51-52H,2-4,10-17,20-22,25-30,33-34H2,1H3/t37-,39+,44-,46+,47+,48+/m0/s1. The van der Waals surface area contributed by atoms with Crippen LogP contribution in [-0.2, 0) is 21.0 Å². The molecule has 2 saturated carbocycles. The number of allylic oxidation sites excluding steroid dienone is 1. The summed E-state index contributed by atoms with van der Waals surface area (Å²) >= 11 is 0. The Morgan fingerprint density at radius 1 is 0.982 bits per heavy atom. The van der Waals surface area contributed by atoms with E-state index in [2.05, 4.69) is 37.1 Å². The molecule has 0 bridgehead atoms. The van der Waals surface area contributed by atoms with E-state index in [1.165, 1.54) is 25.7 Å². The molecule has 310 valence electrons. The molecule has 1 heterocycles. The van der Waals surface area contributed by atoms with Gasteiger partial charge in [-0.3, -0.25) is 4.79 Å².